The number of rotatable bonds is 6. The first-order chi connectivity index (χ1) is 10.4. The number of amides is 1. The minimum atomic E-state index is -1.08. The zero-order chi connectivity index (χ0) is 16.3. The predicted molar refractivity (Wildman–Crippen MR) is 78.6 cm³/mol. The number of aromatic nitrogens is 4. The molecule has 0 spiro atoms. The van der Waals surface area contributed by atoms with E-state index in [0.29, 0.717) is 18.1 Å². The molecule has 0 bridgehead atoms. The third-order valence-corrected chi connectivity index (χ3v) is 3.50. The van der Waals surface area contributed by atoms with E-state index in [4.69, 9.17) is 16.7 Å². The molecule has 0 radical (unpaired) electrons. The fourth-order valence-corrected chi connectivity index (χ4v) is 2.15. The average molecular weight is 326 g/mol. The minimum Gasteiger partial charge on any atom is -0.478 e. The van der Waals surface area contributed by atoms with E-state index in [1.807, 2.05) is 6.92 Å². The van der Waals surface area contributed by atoms with Crippen LogP contribution in [0.2, 0.25) is 5.02 Å². The summed E-state index contributed by atoms with van der Waals surface area (Å²) in [5.41, 5.74) is 0.800. The first kappa shape index (κ1) is 16.0. The quantitative estimate of drug-likeness (QED) is 0.858. The largest absolute Gasteiger partial charge is 0.478 e. The van der Waals surface area contributed by atoms with Crippen molar-refractivity contribution in [3.8, 4) is 0 Å². The molecule has 0 aliphatic rings. The van der Waals surface area contributed by atoms with E-state index >= 15 is 0 Å². The van der Waals surface area contributed by atoms with E-state index in [2.05, 4.69) is 10.2 Å². The highest BCUT2D eigenvalue weighted by atomic mass is 35.5. The molecule has 2 aromatic rings. The third kappa shape index (κ3) is 3.45. The second-order valence-corrected chi connectivity index (χ2v) is 5.14. The van der Waals surface area contributed by atoms with Gasteiger partial charge in [0.05, 0.1) is 35.2 Å². The van der Waals surface area contributed by atoms with Crippen LogP contribution in [0.25, 0.3) is 0 Å². The number of carboxylic acids is 1. The Kier molecular flexibility index (Phi) is 4.81. The summed E-state index contributed by atoms with van der Waals surface area (Å²) in [6.45, 7) is 2.87. The van der Waals surface area contributed by atoms with Crippen molar-refractivity contribution in [1.29, 1.82) is 0 Å². The molecule has 0 aromatic carbocycles. The van der Waals surface area contributed by atoms with Gasteiger partial charge in [-0.1, -0.05) is 11.6 Å². The van der Waals surface area contributed by atoms with Crippen LogP contribution in [0.5, 0.6) is 0 Å². The lowest BCUT2D eigenvalue weighted by atomic mass is 10.3. The Hall–Kier alpha value is -2.35. The van der Waals surface area contributed by atoms with Crippen molar-refractivity contribution in [3.05, 3.63) is 34.9 Å². The van der Waals surface area contributed by atoms with Gasteiger partial charge in [0, 0.05) is 19.8 Å². The average Bonchev–Trinajstić information content (AvgIpc) is 3.07. The van der Waals surface area contributed by atoms with Crippen molar-refractivity contribution in [3.63, 3.8) is 0 Å². The molecule has 1 amide bonds. The van der Waals surface area contributed by atoms with E-state index in [1.54, 1.807) is 17.9 Å². The zero-order valence-corrected chi connectivity index (χ0v) is 13.0. The molecule has 0 atom stereocenters. The monoisotopic (exact) mass is 325 g/mol. The smallest absolute Gasteiger partial charge is 0.338 e. The maximum atomic E-state index is 12.2. The summed E-state index contributed by atoms with van der Waals surface area (Å²) in [6, 6.07) is 0. The number of hydrogen-bond donors (Lipinski definition) is 1. The summed E-state index contributed by atoms with van der Waals surface area (Å²) in [5.74, 6) is -1.29. The van der Waals surface area contributed by atoms with E-state index in [-0.39, 0.29) is 18.0 Å². The molecule has 22 heavy (non-hydrogen) atoms. The van der Waals surface area contributed by atoms with E-state index in [9.17, 15) is 9.59 Å². The molecule has 2 rings (SSSR count). The van der Waals surface area contributed by atoms with Crippen LogP contribution in [0, 0.1) is 0 Å². The van der Waals surface area contributed by atoms with Crippen LogP contribution in [0.1, 0.15) is 23.0 Å². The van der Waals surface area contributed by atoms with Gasteiger partial charge in [0.15, 0.2) is 0 Å². The number of aromatic carboxylic acids is 1. The fraction of sp³-hybridized carbons (Fsp3) is 0.385. The van der Waals surface area contributed by atoms with E-state index in [0.717, 1.165) is 5.69 Å². The van der Waals surface area contributed by atoms with Gasteiger partial charge in [0.2, 0.25) is 5.91 Å². The van der Waals surface area contributed by atoms with Crippen LogP contribution in [0.3, 0.4) is 0 Å². The van der Waals surface area contributed by atoms with Crippen molar-refractivity contribution in [2.75, 3.05) is 7.05 Å². The molecule has 2 aromatic heterocycles. The summed E-state index contributed by atoms with van der Waals surface area (Å²) in [7, 11) is 1.65. The van der Waals surface area contributed by atoms with Gasteiger partial charge < -0.3 is 10.0 Å². The third-order valence-electron chi connectivity index (χ3n) is 3.19. The summed E-state index contributed by atoms with van der Waals surface area (Å²) < 4.78 is 3.02. The molecule has 0 saturated carbocycles. The highest BCUT2D eigenvalue weighted by Crippen LogP contribution is 2.16. The van der Waals surface area contributed by atoms with Crippen molar-refractivity contribution < 1.29 is 14.7 Å². The number of likely N-dealkylation sites (N-methyl/N-ethyl adjacent to an activating group) is 1. The summed E-state index contributed by atoms with van der Waals surface area (Å²) in [4.78, 5) is 24.5. The SMILES string of the molecule is CCn1ncc(Cl)c1CN(C)C(=O)Cn1cc(C(=O)O)cn1. The normalized spacial score (nSPS) is 10.7. The summed E-state index contributed by atoms with van der Waals surface area (Å²) in [6.07, 6.45) is 4.07. The second-order valence-electron chi connectivity index (χ2n) is 4.74. The van der Waals surface area contributed by atoms with Gasteiger partial charge >= 0.3 is 5.97 Å². The van der Waals surface area contributed by atoms with Gasteiger partial charge in [-0.05, 0) is 6.92 Å². The van der Waals surface area contributed by atoms with E-state index in [1.165, 1.54) is 22.0 Å². The number of nitrogens with zero attached hydrogens (tertiary/aromatic N) is 5. The molecule has 0 aliphatic carbocycles. The van der Waals surface area contributed by atoms with Gasteiger partial charge in [0.1, 0.15) is 6.54 Å². The minimum absolute atomic E-state index is 0.0400. The standard InChI is InChI=1S/C13H16ClN5O3/c1-3-19-11(10(14)5-16-19)7-17(2)12(20)8-18-6-9(4-15-18)13(21)22/h4-6H,3,7-8H2,1-2H3,(H,21,22). The molecular weight excluding hydrogens is 310 g/mol. The van der Waals surface area contributed by atoms with Crippen LogP contribution in [0.4, 0.5) is 0 Å². The molecule has 0 unspecified atom stereocenters. The van der Waals surface area contributed by atoms with E-state index < -0.39 is 5.97 Å². The zero-order valence-electron chi connectivity index (χ0n) is 12.2. The molecule has 2 heterocycles. The topological polar surface area (TPSA) is 93.2 Å². The van der Waals surface area contributed by atoms with Crippen LogP contribution in [-0.2, 0) is 24.4 Å². The molecular formula is C13H16ClN5O3. The summed E-state index contributed by atoms with van der Waals surface area (Å²) in [5, 5.41) is 17.3. The summed E-state index contributed by atoms with van der Waals surface area (Å²) >= 11 is 6.07. The molecule has 8 nitrogen and oxygen atoms in total. The van der Waals surface area contributed by atoms with Crippen molar-refractivity contribution >= 4 is 23.5 Å². The van der Waals surface area contributed by atoms with Crippen LogP contribution >= 0.6 is 11.6 Å². The fourth-order valence-electron chi connectivity index (χ4n) is 1.95. The van der Waals surface area contributed by atoms with Crippen LogP contribution < -0.4 is 0 Å². The lowest BCUT2D eigenvalue weighted by molar-refractivity contribution is -0.131. The Morgan fingerprint density at radius 3 is 2.68 bits per heavy atom. The van der Waals surface area contributed by atoms with Gasteiger partial charge in [-0.3, -0.25) is 14.2 Å². The first-order valence-electron chi connectivity index (χ1n) is 6.62. The van der Waals surface area contributed by atoms with Gasteiger partial charge in [-0.2, -0.15) is 10.2 Å². The lowest BCUT2D eigenvalue weighted by Crippen LogP contribution is -2.31. The highest BCUT2D eigenvalue weighted by molar-refractivity contribution is 6.31. The molecule has 0 aliphatic heterocycles. The maximum absolute atomic E-state index is 12.2. The second kappa shape index (κ2) is 6.61. The Labute approximate surface area is 131 Å². The van der Waals surface area contributed by atoms with Gasteiger partial charge in [0.25, 0.3) is 0 Å². The molecule has 9 heteroatoms. The lowest BCUT2D eigenvalue weighted by Gasteiger charge is -2.18. The number of halogens is 1. The first-order valence-corrected chi connectivity index (χ1v) is 7.00. The maximum Gasteiger partial charge on any atom is 0.338 e. The van der Waals surface area contributed by atoms with Crippen LogP contribution in [0.15, 0.2) is 18.6 Å². The van der Waals surface area contributed by atoms with Gasteiger partial charge in [-0.15, -0.1) is 0 Å². The Morgan fingerprint density at radius 2 is 2.09 bits per heavy atom. The molecule has 118 valence electrons. The predicted octanol–water partition coefficient (Wildman–Crippen LogP) is 1.11. The molecule has 1 N–H and O–H groups in total. The van der Waals surface area contributed by atoms with Gasteiger partial charge in [-0.25, -0.2) is 4.79 Å². The van der Waals surface area contributed by atoms with Crippen molar-refractivity contribution in [2.45, 2.75) is 26.6 Å². The Balaban J connectivity index is 2.02. The Bertz CT molecular complexity index is 694. The highest BCUT2D eigenvalue weighted by Gasteiger charge is 2.16. The number of carbonyl (C=O) groups is 2. The van der Waals surface area contributed by atoms with Crippen molar-refractivity contribution in [1.82, 2.24) is 24.5 Å². The Morgan fingerprint density at radius 1 is 1.36 bits per heavy atom. The van der Waals surface area contributed by atoms with Crippen LogP contribution in [-0.4, -0.2) is 48.5 Å². The van der Waals surface area contributed by atoms with Crippen molar-refractivity contribution in [2.24, 2.45) is 0 Å². The number of carboxylic acid groups (broad SMARTS) is 1. The number of carbonyl (C=O) groups excluding carboxylic acids is 1. The molecule has 0 saturated heterocycles. The molecule has 0 fully saturated rings. The number of hydrogen-bond acceptors (Lipinski definition) is 4. The number of aryl methyl sites for hydroxylation is 1.